The molecule has 0 saturated heterocycles. The van der Waals surface area contributed by atoms with E-state index in [1.165, 1.54) is 41.7 Å². The van der Waals surface area contributed by atoms with E-state index in [0.29, 0.717) is 16.5 Å². The molecule has 3 aromatic carbocycles. The van der Waals surface area contributed by atoms with Crippen molar-refractivity contribution in [1.82, 2.24) is 10.2 Å². The Balaban J connectivity index is 1.39. The summed E-state index contributed by atoms with van der Waals surface area (Å²) >= 11 is 13.4. The van der Waals surface area contributed by atoms with Crippen molar-refractivity contribution in [2.45, 2.75) is 4.90 Å². The van der Waals surface area contributed by atoms with E-state index in [1.807, 2.05) is 0 Å². The monoisotopic (exact) mass is 560 g/mol. The highest BCUT2D eigenvalue weighted by Gasteiger charge is 2.20. The molecule has 0 saturated carbocycles. The van der Waals surface area contributed by atoms with Crippen LogP contribution in [0.25, 0.3) is 22.0 Å². The third-order valence-corrected chi connectivity index (χ3v) is 8.38. The molecular formula is C24H15Cl2FN4O3S2. The van der Waals surface area contributed by atoms with Gasteiger partial charge in [0.15, 0.2) is 11.6 Å². The quantitative estimate of drug-likeness (QED) is 0.212. The molecule has 0 bridgehead atoms. The molecule has 7 nitrogen and oxygen atoms in total. The molecule has 0 aliphatic rings. The maximum Gasteiger partial charge on any atom is 0.263 e. The Bertz CT molecular complexity index is 1700. The number of sulfonamides is 1. The fourth-order valence-corrected chi connectivity index (χ4v) is 6.02. The van der Waals surface area contributed by atoms with Crippen LogP contribution in [0.1, 0.15) is 10.4 Å². The van der Waals surface area contributed by atoms with Crippen LogP contribution in [0, 0.1) is 5.82 Å². The second kappa shape index (κ2) is 9.55. The predicted molar refractivity (Wildman–Crippen MR) is 141 cm³/mol. The first-order valence-corrected chi connectivity index (χ1v) is 13.5. The number of aromatic nitrogens is 2. The Morgan fingerprint density at radius 2 is 1.81 bits per heavy atom. The first-order chi connectivity index (χ1) is 17.2. The van der Waals surface area contributed by atoms with Gasteiger partial charge < -0.3 is 5.32 Å². The van der Waals surface area contributed by atoms with Gasteiger partial charge >= 0.3 is 0 Å². The van der Waals surface area contributed by atoms with Gasteiger partial charge in [-0.2, -0.15) is 16.4 Å². The van der Waals surface area contributed by atoms with Crippen molar-refractivity contribution < 1.29 is 17.6 Å². The van der Waals surface area contributed by atoms with E-state index in [1.54, 1.807) is 41.1 Å². The largest absolute Gasteiger partial charge is 0.305 e. The summed E-state index contributed by atoms with van der Waals surface area (Å²) in [6, 6.07) is 15.4. The fourth-order valence-electron chi connectivity index (χ4n) is 3.57. The van der Waals surface area contributed by atoms with Crippen LogP contribution in [-0.2, 0) is 10.0 Å². The summed E-state index contributed by atoms with van der Waals surface area (Å²) in [5.74, 6) is -0.683. The number of hydrogen-bond acceptors (Lipinski definition) is 5. The number of fused-ring (bicyclic) bond motifs is 1. The second-order valence-electron chi connectivity index (χ2n) is 7.62. The molecule has 5 rings (SSSR count). The number of carbonyl (C=O) groups is 1. The second-order valence-corrected chi connectivity index (χ2v) is 10.8. The van der Waals surface area contributed by atoms with Crippen molar-refractivity contribution in [3.8, 4) is 11.1 Å². The number of carbonyl (C=O) groups excluding carboxylic acids is 1. The third kappa shape index (κ3) is 4.56. The van der Waals surface area contributed by atoms with Crippen molar-refractivity contribution in [2.75, 3.05) is 10.0 Å². The number of halogens is 3. The normalized spacial score (nSPS) is 11.5. The minimum absolute atomic E-state index is 0.0795. The van der Waals surface area contributed by atoms with Gasteiger partial charge in [0.25, 0.3) is 15.9 Å². The first-order valence-electron chi connectivity index (χ1n) is 10.3. The maximum absolute atomic E-state index is 15.3. The van der Waals surface area contributed by atoms with Gasteiger partial charge in [-0.05, 0) is 47.3 Å². The van der Waals surface area contributed by atoms with E-state index in [4.69, 9.17) is 23.2 Å². The van der Waals surface area contributed by atoms with Gasteiger partial charge in [-0.1, -0.05) is 47.5 Å². The van der Waals surface area contributed by atoms with E-state index in [-0.39, 0.29) is 43.4 Å². The molecule has 0 radical (unpaired) electrons. The number of hydrogen-bond donors (Lipinski definition) is 3. The molecule has 0 unspecified atom stereocenters. The number of rotatable bonds is 6. The van der Waals surface area contributed by atoms with Crippen LogP contribution in [-0.4, -0.2) is 24.5 Å². The van der Waals surface area contributed by atoms with Crippen LogP contribution >= 0.6 is 34.5 Å². The molecule has 0 aliphatic carbocycles. The molecule has 2 aromatic heterocycles. The minimum atomic E-state index is -3.99. The number of benzene rings is 3. The highest BCUT2D eigenvalue weighted by molar-refractivity contribution is 7.92. The number of amides is 1. The van der Waals surface area contributed by atoms with Crippen LogP contribution in [0.4, 0.5) is 15.9 Å². The minimum Gasteiger partial charge on any atom is -0.305 e. The fraction of sp³-hybridized carbons (Fsp3) is 0. The third-order valence-electron chi connectivity index (χ3n) is 5.35. The van der Waals surface area contributed by atoms with E-state index in [0.717, 1.165) is 0 Å². The summed E-state index contributed by atoms with van der Waals surface area (Å²) in [5.41, 5.74) is 1.66. The van der Waals surface area contributed by atoms with Crippen molar-refractivity contribution in [1.29, 1.82) is 0 Å². The topological polar surface area (TPSA) is 104 Å². The van der Waals surface area contributed by atoms with Gasteiger partial charge in [0, 0.05) is 22.0 Å². The lowest BCUT2D eigenvalue weighted by atomic mass is 10.0. The summed E-state index contributed by atoms with van der Waals surface area (Å²) in [6.07, 6.45) is 0. The van der Waals surface area contributed by atoms with E-state index < -0.39 is 15.8 Å². The predicted octanol–water partition coefficient (Wildman–Crippen LogP) is 6.79. The van der Waals surface area contributed by atoms with Gasteiger partial charge in [-0.15, -0.1) is 0 Å². The maximum atomic E-state index is 15.3. The van der Waals surface area contributed by atoms with Crippen molar-refractivity contribution in [3.05, 3.63) is 92.8 Å². The smallest absolute Gasteiger partial charge is 0.263 e. The molecule has 2 heterocycles. The number of H-pyrrole nitrogens is 1. The Hall–Kier alpha value is -3.44. The van der Waals surface area contributed by atoms with Crippen LogP contribution < -0.4 is 10.0 Å². The number of aromatic amines is 1. The van der Waals surface area contributed by atoms with Crippen LogP contribution in [0.3, 0.4) is 0 Å². The molecule has 0 aliphatic heterocycles. The Kier molecular flexibility index (Phi) is 6.44. The van der Waals surface area contributed by atoms with Gasteiger partial charge in [0.2, 0.25) is 0 Å². The molecule has 3 N–H and O–H groups in total. The van der Waals surface area contributed by atoms with Crippen LogP contribution in [0.15, 0.2) is 76.3 Å². The molecule has 12 heteroatoms. The van der Waals surface area contributed by atoms with Crippen molar-refractivity contribution in [2.24, 2.45) is 0 Å². The average Bonchev–Trinajstić information content (AvgIpc) is 3.53. The highest BCUT2D eigenvalue weighted by atomic mass is 35.5. The molecule has 36 heavy (non-hydrogen) atoms. The standard InChI is InChI=1S/C24H15Cl2FN4O3S2/c25-18-2-1-3-19(20(18)26)36(33,34)31-15-6-4-13(5-7-15)16-8-9-17-22(21(16)27)29-30-23(17)28-24(32)14-10-11-35-12-14/h1-12,31H,(H2,28,29,30,32). The first kappa shape index (κ1) is 24.3. The van der Waals surface area contributed by atoms with Crippen molar-refractivity contribution in [3.63, 3.8) is 0 Å². The molecule has 0 fully saturated rings. The molecule has 1 amide bonds. The lowest BCUT2D eigenvalue weighted by Crippen LogP contribution is -2.13. The van der Waals surface area contributed by atoms with E-state index in [2.05, 4.69) is 20.2 Å². The Labute approximate surface area is 218 Å². The van der Waals surface area contributed by atoms with Crippen molar-refractivity contribution >= 4 is 72.9 Å². The summed E-state index contributed by atoms with van der Waals surface area (Å²) in [6.45, 7) is 0. The molecular weight excluding hydrogens is 546 g/mol. The van der Waals surface area contributed by atoms with Gasteiger partial charge in [-0.25, -0.2) is 12.8 Å². The number of anilines is 2. The SMILES string of the molecule is O=C(Nc1n[nH]c2c(F)c(-c3ccc(NS(=O)(=O)c4cccc(Cl)c4Cl)cc3)ccc12)c1ccsc1. The van der Waals surface area contributed by atoms with E-state index >= 15 is 4.39 Å². The zero-order valence-electron chi connectivity index (χ0n) is 18.1. The van der Waals surface area contributed by atoms with Gasteiger partial charge in [-0.3, -0.25) is 14.6 Å². The highest BCUT2D eigenvalue weighted by Crippen LogP contribution is 2.33. The molecule has 0 spiro atoms. The van der Waals surface area contributed by atoms with Crippen LogP contribution in [0.2, 0.25) is 10.0 Å². The lowest BCUT2D eigenvalue weighted by molar-refractivity contribution is 0.102. The lowest BCUT2D eigenvalue weighted by Gasteiger charge is -2.11. The number of nitrogens with zero attached hydrogens (tertiary/aromatic N) is 1. The Morgan fingerprint density at radius 1 is 1.03 bits per heavy atom. The molecule has 5 aromatic rings. The Morgan fingerprint density at radius 3 is 2.53 bits per heavy atom. The zero-order valence-corrected chi connectivity index (χ0v) is 21.2. The zero-order chi connectivity index (χ0) is 25.4. The number of nitrogens with one attached hydrogen (secondary N) is 3. The molecule has 0 atom stereocenters. The molecule has 182 valence electrons. The van der Waals surface area contributed by atoms with Gasteiger partial charge in [0.1, 0.15) is 10.4 Å². The van der Waals surface area contributed by atoms with Crippen LogP contribution in [0.5, 0.6) is 0 Å². The summed E-state index contributed by atoms with van der Waals surface area (Å²) in [4.78, 5) is 12.2. The summed E-state index contributed by atoms with van der Waals surface area (Å²) in [5, 5.41) is 13.3. The summed E-state index contributed by atoms with van der Waals surface area (Å²) in [7, 11) is -3.99. The van der Waals surface area contributed by atoms with Gasteiger partial charge in [0.05, 0.1) is 15.6 Å². The number of thiophene rings is 1. The average molecular weight is 561 g/mol. The van der Waals surface area contributed by atoms with E-state index in [9.17, 15) is 13.2 Å². The summed E-state index contributed by atoms with van der Waals surface area (Å²) < 4.78 is 43.2.